The highest BCUT2D eigenvalue weighted by Gasteiger charge is 2.30. The first-order chi connectivity index (χ1) is 13.3. The normalized spacial score (nSPS) is 25.2. The van der Waals surface area contributed by atoms with Gasteiger partial charge in [-0.2, -0.15) is 12.7 Å². The molecule has 2 aliphatic rings. The van der Waals surface area contributed by atoms with Gasteiger partial charge in [0.25, 0.3) is 10.2 Å². The fraction of sp³-hybridized carbons (Fsp3) is 0.700. The molecule has 0 spiro atoms. The van der Waals surface area contributed by atoms with Crippen molar-refractivity contribution in [2.24, 2.45) is 0 Å². The Morgan fingerprint density at radius 1 is 1.11 bits per heavy atom. The van der Waals surface area contributed by atoms with E-state index in [-0.39, 0.29) is 12.2 Å². The van der Waals surface area contributed by atoms with Crippen molar-refractivity contribution < 1.29 is 13.2 Å². The van der Waals surface area contributed by atoms with Crippen LogP contribution in [0.25, 0.3) is 0 Å². The zero-order valence-corrected chi connectivity index (χ0v) is 18.1. The highest BCUT2D eigenvalue weighted by atomic mass is 32.2. The Bertz CT molecular complexity index is 725. The molecule has 2 heterocycles. The van der Waals surface area contributed by atoms with Crippen molar-refractivity contribution in [1.82, 2.24) is 13.9 Å². The summed E-state index contributed by atoms with van der Waals surface area (Å²) in [6, 6.07) is 8.64. The second-order valence-corrected chi connectivity index (χ2v) is 9.75. The van der Waals surface area contributed by atoms with Crippen LogP contribution in [0.4, 0.5) is 5.69 Å². The summed E-state index contributed by atoms with van der Waals surface area (Å²) >= 11 is 0. The molecule has 3 rings (SSSR count). The Morgan fingerprint density at radius 3 is 2.43 bits per heavy atom. The highest BCUT2D eigenvalue weighted by molar-refractivity contribution is 7.87. The summed E-state index contributed by atoms with van der Waals surface area (Å²) in [7, 11) is -3.42. The molecule has 0 amide bonds. The summed E-state index contributed by atoms with van der Waals surface area (Å²) < 4.78 is 34.9. The molecule has 0 bridgehead atoms. The van der Waals surface area contributed by atoms with E-state index >= 15 is 0 Å². The third-order valence-electron chi connectivity index (χ3n) is 5.40. The van der Waals surface area contributed by atoms with Crippen LogP contribution >= 0.6 is 0 Å². The number of rotatable bonds is 7. The van der Waals surface area contributed by atoms with Gasteiger partial charge in [-0.25, -0.2) is 4.72 Å². The molecule has 1 aromatic carbocycles. The quantitative estimate of drug-likeness (QED) is 0.690. The number of nitrogens with zero attached hydrogens (tertiary/aromatic N) is 3. The van der Waals surface area contributed by atoms with E-state index in [1.165, 1.54) is 15.6 Å². The van der Waals surface area contributed by atoms with E-state index in [1.807, 2.05) is 13.8 Å². The van der Waals surface area contributed by atoms with E-state index in [9.17, 15) is 8.42 Å². The predicted octanol–water partition coefficient (Wildman–Crippen LogP) is 1.45. The maximum absolute atomic E-state index is 12.5. The van der Waals surface area contributed by atoms with Crippen molar-refractivity contribution in [3.05, 3.63) is 29.8 Å². The summed E-state index contributed by atoms with van der Waals surface area (Å²) in [5.41, 5.74) is 2.58. The van der Waals surface area contributed by atoms with Crippen molar-refractivity contribution in [3.63, 3.8) is 0 Å². The van der Waals surface area contributed by atoms with Crippen LogP contribution in [0.1, 0.15) is 25.8 Å². The maximum atomic E-state index is 12.5. The van der Waals surface area contributed by atoms with E-state index in [0.717, 1.165) is 39.1 Å². The van der Waals surface area contributed by atoms with Crippen LogP contribution in [0, 0.1) is 6.92 Å². The van der Waals surface area contributed by atoms with Crippen LogP contribution in [0.15, 0.2) is 24.3 Å². The standard InChI is InChI=1S/C20H34N4O3S/c1-17-6-4-7-20(14-17)23-12-10-22(11-13-23)9-5-8-21-28(25,26)24-15-18(2)27-19(3)16-24/h4,6-7,14,18-19,21H,5,8-13,15-16H2,1-3H3/t18-,19-/m1/s1. The molecular weight excluding hydrogens is 376 g/mol. The van der Waals surface area contributed by atoms with Gasteiger partial charge in [-0.15, -0.1) is 0 Å². The minimum Gasteiger partial charge on any atom is -0.373 e. The summed E-state index contributed by atoms with van der Waals surface area (Å²) in [6.45, 7) is 12.2. The Labute approximate surface area is 169 Å². The van der Waals surface area contributed by atoms with Crippen molar-refractivity contribution in [2.45, 2.75) is 39.4 Å². The summed E-state index contributed by atoms with van der Waals surface area (Å²) in [4.78, 5) is 4.84. The van der Waals surface area contributed by atoms with Gasteiger partial charge in [0.1, 0.15) is 0 Å². The number of ether oxygens (including phenoxy) is 1. The molecule has 0 aromatic heterocycles. The van der Waals surface area contributed by atoms with Gasteiger partial charge in [0, 0.05) is 51.5 Å². The van der Waals surface area contributed by atoms with Gasteiger partial charge >= 0.3 is 0 Å². The zero-order chi connectivity index (χ0) is 20.1. The second kappa shape index (κ2) is 9.54. The molecule has 8 heteroatoms. The van der Waals surface area contributed by atoms with Gasteiger partial charge in [-0.05, 0) is 51.4 Å². The monoisotopic (exact) mass is 410 g/mol. The molecule has 158 valence electrons. The molecule has 28 heavy (non-hydrogen) atoms. The molecule has 2 aliphatic heterocycles. The fourth-order valence-electron chi connectivity index (χ4n) is 3.98. The van der Waals surface area contributed by atoms with E-state index in [1.54, 1.807) is 0 Å². The number of hydrogen-bond donors (Lipinski definition) is 1. The van der Waals surface area contributed by atoms with Crippen molar-refractivity contribution in [2.75, 3.05) is 57.3 Å². The maximum Gasteiger partial charge on any atom is 0.279 e. The van der Waals surface area contributed by atoms with Crippen LogP contribution in [0.2, 0.25) is 0 Å². The first-order valence-electron chi connectivity index (χ1n) is 10.3. The molecule has 0 aliphatic carbocycles. The topological polar surface area (TPSA) is 65.1 Å². The van der Waals surface area contributed by atoms with Crippen LogP contribution in [-0.2, 0) is 14.9 Å². The van der Waals surface area contributed by atoms with Crippen molar-refractivity contribution in [1.29, 1.82) is 0 Å². The minimum atomic E-state index is -3.42. The summed E-state index contributed by atoms with van der Waals surface area (Å²) in [5.74, 6) is 0. The number of anilines is 1. The number of morpholine rings is 1. The number of piperazine rings is 1. The molecule has 2 fully saturated rings. The third-order valence-corrected chi connectivity index (χ3v) is 6.95. The highest BCUT2D eigenvalue weighted by Crippen LogP contribution is 2.18. The number of hydrogen-bond acceptors (Lipinski definition) is 5. The van der Waals surface area contributed by atoms with E-state index in [4.69, 9.17) is 4.74 Å². The first kappa shape index (κ1) is 21.5. The lowest BCUT2D eigenvalue weighted by Gasteiger charge is -2.36. The smallest absolute Gasteiger partial charge is 0.279 e. The van der Waals surface area contributed by atoms with Crippen LogP contribution in [-0.4, -0.2) is 82.2 Å². The molecular formula is C20H34N4O3S. The van der Waals surface area contributed by atoms with E-state index in [0.29, 0.717) is 19.6 Å². The predicted molar refractivity (Wildman–Crippen MR) is 113 cm³/mol. The lowest BCUT2D eigenvalue weighted by Crippen LogP contribution is -2.52. The number of aryl methyl sites for hydroxylation is 1. The average Bonchev–Trinajstić information content (AvgIpc) is 2.65. The Hall–Kier alpha value is -1.19. The minimum absolute atomic E-state index is 0.0648. The molecule has 1 N–H and O–H groups in total. The SMILES string of the molecule is Cc1cccc(N2CCN(CCCNS(=O)(=O)N3C[C@@H](C)O[C@H](C)C3)CC2)c1. The Balaban J connectivity index is 1.37. The Kier molecular flexibility index (Phi) is 7.33. The van der Waals surface area contributed by atoms with Crippen LogP contribution < -0.4 is 9.62 Å². The van der Waals surface area contributed by atoms with Crippen LogP contribution in [0.5, 0.6) is 0 Å². The summed E-state index contributed by atoms with van der Waals surface area (Å²) in [6.07, 6.45) is 0.689. The number of nitrogens with one attached hydrogen (secondary N) is 1. The first-order valence-corrected chi connectivity index (χ1v) is 11.7. The molecule has 1 aromatic rings. The largest absolute Gasteiger partial charge is 0.373 e. The second-order valence-electron chi connectivity index (χ2n) is 7.99. The van der Waals surface area contributed by atoms with Gasteiger partial charge < -0.3 is 9.64 Å². The van der Waals surface area contributed by atoms with Crippen LogP contribution in [0.3, 0.4) is 0 Å². The summed E-state index contributed by atoms with van der Waals surface area (Å²) in [5, 5.41) is 0. The molecule has 7 nitrogen and oxygen atoms in total. The fourth-order valence-corrected chi connectivity index (χ4v) is 5.37. The lowest BCUT2D eigenvalue weighted by atomic mass is 10.2. The molecule has 0 radical (unpaired) electrons. The van der Waals surface area contributed by atoms with Gasteiger partial charge in [0.2, 0.25) is 0 Å². The van der Waals surface area contributed by atoms with Gasteiger partial charge in [0.05, 0.1) is 12.2 Å². The lowest BCUT2D eigenvalue weighted by molar-refractivity contribution is -0.0443. The van der Waals surface area contributed by atoms with Gasteiger partial charge in [-0.1, -0.05) is 12.1 Å². The van der Waals surface area contributed by atoms with Gasteiger partial charge in [-0.3, -0.25) is 4.90 Å². The third kappa shape index (κ3) is 5.90. The molecule has 0 saturated carbocycles. The molecule has 2 atom stereocenters. The van der Waals surface area contributed by atoms with Gasteiger partial charge in [0.15, 0.2) is 0 Å². The zero-order valence-electron chi connectivity index (χ0n) is 17.3. The average molecular weight is 411 g/mol. The van der Waals surface area contributed by atoms with Crippen molar-refractivity contribution in [3.8, 4) is 0 Å². The Morgan fingerprint density at radius 2 is 1.79 bits per heavy atom. The number of benzene rings is 1. The van der Waals surface area contributed by atoms with Crippen molar-refractivity contribution >= 4 is 15.9 Å². The van der Waals surface area contributed by atoms with E-state index < -0.39 is 10.2 Å². The molecule has 2 saturated heterocycles. The molecule has 0 unspecified atom stereocenters. The van der Waals surface area contributed by atoms with E-state index in [2.05, 4.69) is 45.7 Å².